The van der Waals surface area contributed by atoms with Crippen LogP contribution in [0, 0.1) is 11.7 Å². The summed E-state index contributed by atoms with van der Waals surface area (Å²) < 4.78 is 57.0. The van der Waals surface area contributed by atoms with E-state index in [1.54, 1.807) is 29.3 Å². The molecule has 2 aromatic heterocycles. The van der Waals surface area contributed by atoms with E-state index in [2.05, 4.69) is 15.5 Å². The first kappa shape index (κ1) is 18.2. The van der Waals surface area contributed by atoms with Gasteiger partial charge in [0.15, 0.2) is 5.65 Å². The lowest BCUT2D eigenvalue weighted by Gasteiger charge is -2.42. The van der Waals surface area contributed by atoms with Gasteiger partial charge < -0.3 is 10.2 Å². The molecule has 2 aliphatic rings. The number of hydrogen-bond donors (Lipinski definition) is 1. The van der Waals surface area contributed by atoms with Gasteiger partial charge in [0.25, 0.3) is 0 Å². The highest BCUT2D eigenvalue weighted by Crippen LogP contribution is 2.41. The van der Waals surface area contributed by atoms with Crippen molar-refractivity contribution >= 4 is 17.0 Å². The van der Waals surface area contributed by atoms with Crippen LogP contribution in [-0.4, -0.2) is 33.7 Å². The lowest BCUT2D eigenvalue weighted by atomic mass is 10.0. The number of rotatable bonds is 5. The number of alkyl halides is 3. The van der Waals surface area contributed by atoms with Crippen LogP contribution in [0.2, 0.25) is 0 Å². The monoisotopic (exact) mass is 405 g/mol. The van der Waals surface area contributed by atoms with Gasteiger partial charge in [-0.05, 0) is 37.0 Å². The molecule has 0 spiro atoms. The first-order chi connectivity index (χ1) is 13.9. The number of aromatic nitrogens is 3. The number of hydrogen-bond acceptors (Lipinski definition) is 4. The maximum atomic E-state index is 13.9. The second-order valence-corrected chi connectivity index (χ2v) is 7.76. The van der Waals surface area contributed by atoms with E-state index in [9.17, 15) is 17.6 Å². The van der Waals surface area contributed by atoms with Crippen molar-refractivity contribution in [1.82, 2.24) is 14.6 Å². The highest BCUT2D eigenvalue weighted by molar-refractivity contribution is 5.68. The Morgan fingerprint density at radius 3 is 2.52 bits per heavy atom. The van der Waals surface area contributed by atoms with Crippen molar-refractivity contribution in [2.24, 2.45) is 5.92 Å². The molecule has 0 unspecified atom stereocenters. The van der Waals surface area contributed by atoms with Gasteiger partial charge in [0.2, 0.25) is 0 Å². The quantitative estimate of drug-likeness (QED) is 0.648. The summed E-state index contributed by atoms with van der Waals surface area (Å²) in [4.78, 5) is 1.64. The number of halogens is 4. The summed E-state index contributed by atoms with van der Waals surface area (Å²) in [7, 11) is 0. The second-order valence-electron chi connectivity index (χ2n) is 7.76. The number of benzene rings is 1. The SMILES string of the molecule is Fc1ccccc1NC1CN(c2ccn3c(CC4CC4)nnc3c2C(F)(F)F)C1. The van der Waals surface area contributed by atoms with Crippen molar-refractivity contribution in [1.29, 1.82) is 0 Å². The van der Waals surface area contributed by atoms with E-state index in [4.69, 9.17) is 0 Å². The molecular formula is C20H19F4N5. The lowest BCUT2D eigenvalue weighted by molar-refractivity contribution is -0.136. The Balaban J connectivity index is 1.41. The van der Waals surface area contributed by atoms with E-state index in [0.717, 1.165) is 12.8 Å². The number of pyridine rings is 1. The molecule has 0 amide bonds. The van der Waals surface area contributed by atoms with Crippen molar-refractivity contribution in [3.8, 4) is 0 Å². The molecule has 1 aromatic carbocycles. The Bertz CT molecular complexity index is 1050. The van der Waals surface area contributed by atoms with Crippen molar-refractivity contribution in [2.45, 2.75) is 31.5 Å². The molecule has 29 heavy (non-hydrogen) atoms. The molecule has 0 atom stereocenters. The molecule has 1 N–H and O–H groups in total. The third kappa shape index (κ3) is 3.38. The molecule has 9 heteroatoms. The molecule has 1 saturated heterocycles. The Morgan fingerprint density at radius 1 is 1.07 bits per heavy atom. The standard InChI is InChI=1S/C20H19F4N5/c21-14-3-1-2-4-15(14)25-13-10-28(11-13)16-7-8-29-17(9-12-5-6-12)26-27-19(29)18(16)20(22,23)24/h1-4,7-8,12-13,25H,5-6,9-11H2. The molecule has 0 bridgehead atoms. The topological polar surface area (TPSA) is 45.5 Å². The van der Waals surface area contributed by atoms with E-state index < -0.39 is 11.7 Å². The predicted octanol–water partition coefficient (Wildman–Crippen LogP) is 4.14. The molecule has 5 rings (SSSR count). The maximum absolute atomic E-state index is 13.9. The molecule has 3 aromatic rings. The summed E-state index contributed by atoms with van der Waals surface area (Å²) in [5.41, 5.74) is -0.483. The van der Waals surface area contributed by atoms with E-state index in [1.165, 1.54) is 16.5 Å². The zero-order chi connectivity index (χ0) is 20.2. The van der Waals surface area contributed by atoms with Crippen molar-refractivity contribution < 1.29 is 17.6 Å². The normalized spacial score (nSPS) is 17.6. The number of nitrogens with zero attached hydrogens (tertiary/aromatic N) is 4. The zero-order valence-corrected chi connectivity index (χ0v) is 15.5. The van der Waals surface area contributed by atoms with Crippen LogP contribution >= 0.6 is 0 Å². The third-order valence-electron chi connectivity index (χ3n) is 5.54. The van der Waals surface area contributed by atoms with Crippen LogP contribution in [0.25, 0.3) is 5.65 Å². The van der Waals surface area contributed by atoms with Crippen LogP contribution in [0.5, 0.6) is 0 Å². The summed E-state index contributed by atoms with van der Waals surface area (Å²) in [5, 5.41) is 10.9. The fraction of sp³-hybridized carbons (Fsp3) is 0.400. The largest absolute Gasteiger partial charge is 0.422 e. The molecule has 1 saturated carbocycles. The van der Waals surface area contributed by atoms with Gasteiger partial charge in [-0.15, -0.1) is 10.2 Å². The van der Waals surface area contributed by atoms with Crippen molar-refractivity contribution in [3.63, 3.8) is 0 Å². The minimum absolute atomic E-state index is 0.0851. The van der Waals surface area contributed by atoms with E-state index in [1.807, 2.05) is 0 Å². The zero-order valence-electron chi connectivity index (χ0n) is 15.5. The lowest BCUT2D eigenvalue weighted by Crippen LogP contribution is -2.55. The molecule has 5 nitrogen and oxygen atoms in total. The Hall–Kier alpha value is -2.84. The average molecular weight is 405 g/mol. The third-order valence-corrected chi connectivity index (χ3v) is 5.54. The molecule has 152 valence electrons. The number of anilines is 2. The van der Waals surface area contributed by atoms with Gasteiger partial charge in [0.1, 0.15) is 17.2 Å². The average Bonchev–Trinajstić information content (AvgIpc) is 3.36. The Labute approximate surface area is 164 Å². The fourth-order valence-electron chi connectivity index (χ4n) is 3.81. The van der Waals surface area contributed by atoms with Crippen LogP contribution in [0.4, 0.5) is 28.9 Å². The van der Waals surface area contributed by atoms with E-state index >= 15 is 0 Å². The van der Waals surface area contributed by atoms with E-state index in [-0.39, 0.29) is 23.2 Å². The van der Waals surface area contributed by atoms with Crippen molar-refractivity contribution in [3.05, 3.63) is 53.7 Å². The van der Waals surface area contributed by atoms with Gasteiger partial charge >= 0.3 is 6.18 Å². The smallest absolute Gasteiger partial charge is 0.376 e. The van der Waals surface area contributed by atoms with Gasteiger partial charge in [-0.1, -0.05) is 12.1 Å². The van der Waals surface area contributed by atoms with Gasteiger partial charge in [-0.3, -0.25) is 4.40 Å². The predicted molar refractivity (Wildman–Crippen MR) is 100 cm³/mol. The number of para-hydroxylation sites is 1. The Morgan fingerprint density at radius 2 is 1.83 bits per heavy atom. The summed E-state index contributed by atoms with van der Waals surface area (Å²) in [5.74, 6) is 0.689. The van der Waals surface area contributed by atoms with Gasteiger partial charge in [-0.2, -0.15) is 13.2 Å². The fourth-order valence-corrected chi connectivity index (χ4v) is 3.81. The van der Waals surface area contributed by atoms with Crippen LogP contribution in [0.3, 0.4) is 0 Å². The van der Waals surface area contributed by atoms with Crippen LogP contribution in [0.1, 0.15) is 24.2 Å². The summed E-state index contributed by atoms with van der Waals surface area (Å²) in [6.45, 7) is 0.688. The maximum Gasteiger partial charge on any atom is 0.422 e. The van der Waals surface area contributed by atoms with E-state index in [0.29, 0.717) is 36.9 Å². The molecule has 1 aliphatic carbocycles. The van der Waals surface area contributed by atoms with Gasteiger partial charge in [0, 0.05) is 25.7 Å². The second kappa shape index (κ2) is 6.60. The van der Waals surface area contributed by atoms with Crippen molar-refractivity contribution in [2.75, 3.05) is 23.3 Å². The highest BCUT2D eigenvalue weighted by Gasteiger charge is 2.41. The summed E-state index contributed by atoms with van der Waals surface area (Å²) in [6.07, 6.45) is -0.107. The van der Waals surface area contributed by atoms with Gasteiger partial charge in [0.05, 0.1) is 17.4 Å². The number of nitrogens with one attached hydrogen (secondary N) is 1. The highest BCUT2D eigenvalue weighted by atomic mass is 19.4. The minimum atomic E-state index is -4.55. The minimum Gasteiger partial charge on any atom is -0.376 e. The van der Waals surface area contributed by atoms with Crippen LogP contribution in [-0.2, 0) is 12.6 Å². The molecule has 0 radical (unpaired) electrons. The summed E-state index contributed by atoms with van der Waals surface area (Å²) in [6, 6.07) is 7.61. The van der Waals surface area contributed by atoms with Gasteiger partial charge in [-0.25, -0.2) is 4.39 Å². The summed E-state index contributed by atoms with van der Waals surface area (Å²) >= 11 is 0. The molecule has 2 fully saturated rings. The molecule has 1 aliphatic heterocycles. The van der Waals surface area contributed by atoms with Crippen LogP contribution in [0.15, 0.2) is 36.5 Å². The number of fused-ring (bicyclic) bond motifs is 1. The first-order valence-corrected chi connectivity index (χ1v) is 9.60. The first-order valence-electron chi connectivity index (χ1n) is 9.60. The molecule has 3 heterocycles. The van der Waals surface area contributed by atoms with Crippen LogP contribution < -0.4 is 10.2 Å². The molecular weight excluding hydrogens is 386 g/mol. The Kier molecular flexibility index (Phi) is 4.15.